The van der Waals surface area contributed by atoms with E-state index in [1.807, 2.05) is 23.1 Å². The molecule has 1 aliphatic heterocycles. The number of rotatable bonds is 3. The zero-order valence-electron chi connectivity index (χ0n) is 11.3. The van der Waals surface area contributed by atoms with Crippen LogP contribution in [0.3, 0.4) is 0 Å². The second-order valence-electron chi connectivity index (χ2n) is 4.77. The molecule has 3 rings (SSSR count). The Kier molecular flexibility index (Phi) is 4.98. The maximum atomic E-state index is 13.7. The van der Waals surface area contributed by atoms with E-state index in [0.29, 0.717) is 10.2 Å². The van der Waals surface area contributed by atoms with Crippen LogP contribution in [0.5, 0.6) is 5.75 Å². The van der Waals surface area contributed by atoms with Crippen LogP contribution in [-0.4, -0.2) is 12.9 Å². The van der Waals surface area contributed by atoms with Crippen molar-refractivity contribution >= 4 is 55.0 Å². The van der Waals surface area contributed by atoms with Crippen LogP contribution in [0.4, 0.5) is 4.39 Å². The maximum Gasteiger partial charge on any atom is 0.141 e. The van der Waals surface area contributed by atoms with E-state index in [-0.39, 0.29) is 10.6 Å². The van der Waals surface area contributed by atoms with Crippen molar-refractivity contribution in [2.45, 2.75) is 17.0 Å². The Morgan fingerprint density at radius 3 is 2.86 bits per heavy atom. The summed E-state index contributed by atoms with van der Waals surface area (Å²) in [6, 6.07) is 5.49. The monoisotopic (exact) mass is 450 g/mol. The number of aryl methyl sites for hydroxylation is 1. The van der Waals surface area contributed by atoms with Crippen molar-refractivity contribution < 1.29 is 9.13 Å². The summed E-state index contributed by atoms with van der Waals surface area (Å²) in [4.78, 5) is 2.75. The van der Waals surface area contributed by atoms with E-state index in [2.05, 4.69) is 37.9 Å². The summed E-state index contributed by atoms with van der Waals surface area (Å²) in [7, 11) is 1.57. The molecule has 6 heteroatoms. The summed E-state index contributed by atoms with van der Waals surface area (Å²) in [5.41, 5.74) is 2.38. The van der Waals surface area contributed by atoms with Gasteiger partial charge in [0.1, 0.15) is 11.6 Å². The van der Waals surface area contributed by atoms with Gasteiger partial charge in [-0.05, 0) is 45.8 Å². The van der Waals surface area contributed by atoms with Gasteiger partial charge in [-0.25, -0.2) is 4.39 Å². The smallest absolute Gasteiger partial charge is 0.141 e. The summed E-state index contributed by atoms with van der Waals surface area (Å²) in [6.07, 6.45) is 1.15. The van der Waals surface area contributed by atoms with Gasteiger partial charge >= 0.3 is 0 Å². The van der Waals surface area contributed by atoms with Crippen molar-refractivity contribution in [3.8, 4) is 5.75 Å². The molecule has 2 aromatic rings. The van der Waals surface area contributed by atoms with Crippen LogP contribution >= 0.6 is 55.0 Å². The molecule has 1 atom stereocenters. The molecule has 2 heterocycles. The lowest BCUT2D eigenvalue weighted by Gasteiger charge is -2.14. The maximum absolute atomic E-state index is 13.7. The van der Waals surface area contributed by atoms with Crippen molar-refractivity contribution in [1.29, 1.82) is 0 Å². The molecule has 1 aromatic carbocycles. The normalized spacial score (nSPS) is 15.6. The minimum atomic E-state index is -0.308. The molecular weight excluding hydrogens is 439 g/mol. The van der Waals surface area contributed by atoms with Crippen LogP contribution < -0.4 is 4.74 Å². The van der Waals surface area contributed by atoms with E-state index in [4.69, 9.17) is 4.74 Å². The number of alkyl halides is 1. The van der Waals surface area contributed by atoms with Gasteiger partial charge in [0.15, 0.2) is 0 Å². The van der Waals surface area contributed by atoms with Gasteiger partial charge in [0.05, 0.1) is 16.4 Å². The number of hydrogen-bond acceptors (Lipinski definition) is 3. The lowest BCUT2D eigenvalue weighted by Crippen LogP contribution is -1.97. The standard InChI is InChI=1S/C15H13Br2FOS2/c1-19-12-6-11(18)10(16)5-9(12)15(17)14-4-8-7-20-3-2-13(8)21-14/h4-6,15H,2-3,7H2,1H3. The van der Waals surface area contributed by atoms with E-state index in [1.54, 1.807) is 13.2 Å². The first-order chi connectivity index (χ1) is 10.1. The first-order valence-corrected chi connectivity index (χ1v) is 10.1. The lowest BCUT2D eigenvalue weighted by atomic mass is 10.1. The number of fused-ring (bicyclic) bond motifs is 1. The van der Waals surface area contributed by atoms with Crippen LogP contribution in [0, 0.1) is 5.82 Å². The third-order valence-corrected chi connectivity index (χ3v) is 7.65. The van der Waals surface area contributed by atoms with Crippen molar-refractivity contribution in [1.82, 2.24) is 0 Å². The molecule has 0 saturated heterocycles. The molecule has 1 nitrogen and oxygen atoms in total. The topological polar surface area (TPSA) is 9.23 Å². The molecule has 1 unspecified atom stereocenters. The van der Waals surface area contributed by atoms with Gasteiger partial charge in [-0.3, -0.25) is 0 Å². The van der Waals surface area contributed by atoms with Gasteiger partial charge in [0.25, 0.3) is 0 Å². The Balaban J connectivity index is 1.99. The average molecular weight is 452 g/mol. The number of halogens is 3. The predicted molar refractivity (Wildman–Crippen MR) is 95.6 cm³/mol. The summed E-state index contributed by atoms with van der Waals surface area (Å²) in [6.45, 7) is 0. The molecule has 0 spiro atoms. The first-order valence-electron chi connectivity index (χ1n) is 6.46. The average Bonchev–Trinajstić information content (AvgIpc) is 2.92. The first kappa shape index (κ1) is 15.8. The van der Waals surface area contributed by atoms with E-state index in [1.165, 1.54) is 27.1 Å². The van der Waals surface area contributed by atoms with E-state index in [9.17, 15) is 4.39 Å². The summed E-state index contributed by atoms with van der Waals surface area (Å²) in [5, 5.41) is 0. The van der Waals surface area contributed by atoms with Crippen LogP contribution in [-0.2, 0) is 12.2 Å². The van der Waals surface area contributed by atoms with Gasteiger partial charge in [-0.1, -0.05) is 15.9 Å². The Bertz CT molecular complexity index is 648. The zero-order valence-corrected chi connectivity index (χ0v) is 16.1. The number of benzene rings is 1. The molecule has 0 N–H and O–H groups in total. The highest BCUT2D eigenvalue weighted by molar-refractivity contribution is 9.10. The van der Waals surface area contributed by atoms with Crippen molar-refractivity contribution in [3.05, 3.63) is 49.4 Å². The fourth-order valence-electron chi connectivity index (χ4n) is 2.37. The minimum absolute atomic E-state index is 0.0185. The highest BCUT2D eigenvalue weighted by atomic mass is 79.9. The highest BCUT2D eigenvalue weighted by Crippen LogP contribution is 2.44. The summed E-state index contributed by atoms with van der Waals surface area (Å²) in [5.74, 6) is 2.55. The lowest BCUT2D eigenvalue weighted by molar-refractivity contribution is 0.406. The molecular formula is C15H13Br2FOS2. The van der Waals surface area contributed by atoms with E-state index >= 15 is 0 Å². The molecule has 0 amide bonds. The second kappa shape index (κ2) is 6.60. The molecule has 0 radical (unpaired) electrons. The number of thioether (sulfide) groups is 1. The summed E-state index contributed by atoms with van der Waals surface area (Å²) >= 11 is 10.8. The third kappa shape index (κ3) is 3.19. The van der Waals surface area contributed by atoms with Crippen LogP contribution in [0.15, 0.2) is 22.7 Å². The fraction of sp³-hybridized carbons (Fsp3) is 0.333. The number of methoxy groups -OCH3 is 1. The number of thiophene rings is 1. The Morgan fingerprint density at radius 2 is 2.14 bits per heavy atom. The van der Waals surface area contributed by atoms with Gasteiger partial charge in [0.2, 0.25) is 0 Å². The molecule has 0 aliphatic carbocycles. The number of ether oxygens (including phenoxy) is 1. The summed E-state index contributed by atoms with van der Waals surface area (Å²) < 4.78 is 19.4. The molecule has 21 heavy (non-hydrogen) atoms. The Labute approximate surface area is 148 Å². The molecule has 0 saturated carbocycles. The van der Waals surface area contributed by atoms with Gasteiger partial charge in [0, 0.05) is 27.1 Å². The third-order valence-electron chi connectivity index (χ3n) is 3.44. The predicted octanol–water partition coefficient (Wildman–Crippen LogP) is 5.93. The second-order valence-corrected chi connectivity index (χ2v) is 8.81. The Hall–Kier alpha value is -0.0400. The quantitative estimate of drug-likeness (QED) is 0.534. The van der Waals surface area contributed by atoms with Crippen molar-refractivity contribution in [2.24, 2.45) is 0 Å². The van der Waals surface area contributed by atoms with E-state index in [0.717, 1.165) is 17.7 Å². The molecule has 0 fully saturated rings. The van der Waals surface area contributed by atoms with Crippen LogP contribution in [0.25, 0.3) is 0 Å². The largest absolute Gasteiger partial charge is 0.496 e. The molecule has 0 bridgehead atoms. The minimum Gasteiger partial charge on any atom is -0.496 e. The van der Waals surface area contributed by atoms with Gasteiger partial charge in [-0.15, -0.1) is 11.3 Å². The highest BCUT2D eigenvalue weighted by Gasteiger charge is 2.22. The molecule has 1 aromatic heterocycles. The van der Waals surface area contributed by atoms with Crippen LogP contribution in [0.2, 0.25) is 0 Å². The van der Waals surface area contributed by atoms with Gasteiger partial charge < -0.3 is 4.74 Å². The van der Waals surface area contributed by atoms with E-state index < -0.39 is 0 Å². The van der Waals surface area contributed by atoms with Crippen LogP contribution in [0.1, 0.15) is 25.7 Å². The van der Waals surface area contributed by atoms with Crippen molar-refractivity contribution in [3.63, 3.8) is 0 Å². The fourth-order valence-corrected chi connectivity index (χ4v) is 5.87. The van der Waals surface area contributed by atoms with Gasteiger partial charge in [-0.2, -0.15) is 11.8 Å². The number of hydrogen-bond donors (Lipinski definition) is 0. The molecule has 1 aliphatic rings. The SMILES string of the molecule is COc1cc(F)c(Br)cc1C(Br)c1cc2c(s1)CCSC2. The zero-order chi connectivity index (χ0) is 15.0. The molecule has 112 valence electrons. The van der Waals surface area contributed by atoms with Crippen molar-refractivity contribution in [2.75, 3.05) is 12.9 Å². The Morgan fingerprint density at radius 1 is 1.33 bits per heavy atom.